The number of hydrogen-bond donors (Lipinski definition) is 0. The number of unbranched alkanes of at least 4 members (excludes halogenated alkanes) is 16. The van der Waals surface area contributed by atoms with E-state index in [0.717, 1.165) is 11.8 Å². The van der Waals surface area contributed by atoms with Gasteiger partial charge < -0.3 is 0 Å². The molecule has 0 N–H and O–H groups in total. The first-order valence-electron chi connectivity index (χ1n) is 21.7. The Bertz CT molecular complexity index is 759. The average molecular weight is 766 g/mol. The van der Waals surface area contributed by atoms with Crippen LogP contribution < -0.4 is 2.89 Å². The van der Waals surface area contributed by atoms with Crippen LogP contribution in [0.3, 0.4) is 0 Å². The average Bonchev–Trinajstić information content (AvgIpc) is 3.47. The van der Waals surface area contributed by atoms with Crippen molar-refractivity contribution in [2.75, 3.05) is 0 Å². The van der Waals surface area contributed by atoms with Crippen LogP contribution in [-0.4, -0.2) is 18.4 Å². The Balaban J connectivity index is 3.28. The van der Waals surface area contributed by atoms with Crippen LogP contribution in [0.5, 0.6) is 0 Å². The van der Waals surface area contributed by atoms with E-state index in [-0.39, 0.29) is 0 Å². The molecule has 0 aromatic carbocycles. The van der Waals surface area contributed by atoms with Crippen LogP contribution in [0.4, 0.5) is 0 Å². The van der Waals surface area contributed by atoms with Crippen molar-refractivity contribution in [3.63, 3.8) is 0 Å². The molecule has 0 aliphatic carbocycles. The summed E-state index contributed by atoms with van der Waals surface area (Å²) >= 11 is -0.0153. The van der Waals surface area contributed by atoms with Gasteiger partial charge in [0.15, 0.2) is 0 Å². The summed E-state index contributed by atoms with van der Waals surface area (Å²) in [4.78, 5) is 1.87. The van der Waals surface area contributed by atoms with Gasteiger partial charge in [0.1, 0.15) is 0 Å². The molecule has 2 atom stereocenters. The summed E-state index contributed by atoms with van der Waals surface area (Å²) in [6.07, 6.45) is 40.2. The molecular weight excluding hydrogens is 679 g/mol. The van der Waals surface area contributed by atoms with Gasteiger partial charge in [0, 0.05) is 0 Å². The van der Waals surface area contributed by atoms with E-state index in [1.165, 1.54) is 180 Å². The third-order valence-corrected chi connectivity index (χ3v) is 30.8. The van der Waals surface area contributed by atoms with Gasteiger partial charge in [-0.25, -0.2) is 0 Å². The minimum absolute atomic E-state index is 0.890. The van der Waals surface area contributed by atoms with Gasteiger partial charge >= 0.3 is 276 Å². The monoisotopic (exact) mass is 767 g/mol. The molecule has 2 unspecified atom stereocenters. The van der Waals surface area contributed by atoms with Crippen molar-refractivity contribution in [2.24, 2.45) is 11.8 Å². The standard InChI is InChI=1S/C32H59S.3C4H9.Sn/c1-5-9-12-14-16-17-19-21-24-30(23-20-18-15-13-10-6-2)27-31-25-26-33-32(31)28-29(8-4)22-11-7-3;3*1-3-4-2;/h25,29-30H,5-24,27-28H2,1-4H3;3*1,3-4H2,2H3;. The molecule has 2 heteroatoms. The van der Waals surface area contributed by atoms with E-state index in [9.17, 15) is 0 Å². The van der Waals surface area contributed by atoms with Crippen LogP contribution in [0.1, 0.15) is 226 Å². The van der Waals surface area contributed by atoms with E-state index >= 15 is 0 Å². The van der Waals surface area contributed by atoms with Gasteiger partial charge in [0.05, 0.1) is 0 Å². The Morgan fingerprint density at radius 3 is 1.30 bits per heavy atom. The fourth-order valence-corrected chi connectivity index (χ4v) is 28.7. The second kappa shape index (κ2) is 30.3. The molecule has 0 radical (unpaired) electrons. The summed E-state index contributed by atoms with van der Waals surface area (Å²) in [5.74, 6) is 1.80. The molecule has 0 bridgehead atoms. The van der Waals surface area contributed by atoms with Gasteiger partial charge in [-0.15, -0.1) is 0 Å². The van der Waals surface area contributed by atoms with Crippen LogP contribution in [-0.2, 0) is 12.8 Å². The fourth-order valence-electron chi connectivity index (χ4n) is 8.01. The fraction of sp³-hybridized carbons (Fsp3) is 0.909. The number of rotatable bonds is 34. The molecule has 0 spiro atoms. The second-order valence-corrected chi connectivity index (χ2v) is 31.0. The summed E-state index contributed by atoms with van der Waals surface area (Å²) in [5, 5.41) is 0. The van der Waals surface area contributed by atoms with E-state index in [1.807, 2.05) is 13.3 Å². The second-order valence-electron chi connectivity index (χ2n) is 15.7. The van der Waals surface area contributed by atoms with Crippen LogP contribution in [0, 0.1) is 11.8 Å². The number of thiophene rings is 1. The van der Waals surface area contributed by atoms with E-state index in [2.05, 4.69) is 65.9 Å². The van der Waals surface area contributed by atoms with Gasteiger partial charge in [0.2, 0.25) is 0 Å². The maximum atomic E-state index is 2.94. The van der Waals surface area contributed by atoms with Crippen molar-refractivity contribution in [3.05, 3.63) is 16.5 Å². The molecule has 0 saturated heterocycles. The zero-order chi connectivity index (χ0) is 33.7. The molecule has 0 amide bonds. The summed E-state index contributed by atoms with van der Waals surface area (Å²) in [5.41, 5.74) is 1.86. The summed E-state index contributed by atoms with van der Waals surface area (Å²) in [6.45, 7) is 16.9. The quantitative estimate of drug-likeness (QED) is 0.0484. The predicted octanol–water partition coefficient (Wildman–Crippen LogP) is 16.0. The third-order valence-electron chi connectivity index (χ3n) is 11.4. The molecule has 0 fully saturated rings. The molecule has 0 aliphatic rings. The first kappa shape index (κ1) is 44.5. The Hall–Kier alpha value is 0.499. The van der Waals surface area contributed by atoms with Crippen molar-refractivity contribution < 1.29 is 0 Å². The van der Waals surface area contributed by atoms with Gasteiger partial charge in [-0.05, 0) is 0 Å². The van der Waals surface area contributed by atoms with Crippen LogP contribution in [0.2, 0.25) is 13.3 Å². The Morgan fingerprint density at radius 2 is 0.870 bits per heavy atom. The van der Waals surface area contributed by atoms with Crippen LogP contribution in [0.15, 0.2) is 6.07 Å². The Kier molecular flexibility index (Phi) is 29.4. The Morgan fingerprint density at radius 1 is 0.457 bits per heavy atom. The zero-order valence-corrected chi connectivity index (χ0v) is 36.7. The minimum atomic E-state index is -2.42. The summed E-state index contributed by atoms with van der Waals surface area (Å²) in [7, 11) is 0. The Labute approximate surface area is 300 Å². The van der Waals surface area contributed by atoms with Gasteiger partial charge in [0.25, 0.3) is 0 Å². The van der Waals surface area contributed by atoms with Gasteiger partial charge in [-0.1, -0.05) is 26.7 Å². The molecule has 46 heavy (non-hydrogen) atoms. The van der Waals surface area contributed by atoms with Crippen LogP contribution >= 0.6 is 11.3 Å². The van der Waals surface area contributed by atoms with E-state index in [1.54, 1.807) is 13.3 Å². The number of hydrogen-bond acceptors (Lipinski definition) is 1. The summed E-state index contributed by atoms with van der Waals surface area (Å²) < 4.78 is 6.89. The molecule has 0 nitrogen and oxygen atoms in total. The van der Waals surface area contributed by atoms with Crippen molar-refractivity contribution in [2.45, 2.75) is 242 Å². The molecule has 1 aromatic heterocycles. The van der Waals surface area contributed by atoms with Gasteiger partial charge in [-0.2, -0.15) is 0 Å². The summed E-state index contributed by atoms with van der Waals surface area (Å²) in [6, 6.07) is 2.94. The SMILES string of the molecule is CCCCCCCCCCC(CCCCCCCC)Cc1c[c]([Sn]([CH2]CCC)([CH2]CCC)[CH2]CCC)sc1CC(CC)CCCC. The van der Waals surface area contributed by atoms with E-state index in [0.29, 0.717) is 0 Å². The van der Waals surface area contributed by atoms with Gasteiger partial charge in [-0.3, -0.25) is 0 Å². The van der Waals surface area contributed by atoms with Crippen molar-refractivity contribution in [1.29, 1.82) is 0 Å². The normalized spacial score (nSPS) is 13.5. The molecule has 0 aliphatic heterocycles. The van der Waals surface area contributed by atoms with E-state index < -0.39 is 18.4 Å². The van der Waals surface area contributed by atoms with Crippen molar-refractivity contribution in [1.82, 2.24) is 0 Å². The van der Waals surface area contributed by atoms with Crippen LogP contribution in [0.25, 0.3) is 0 Å². The molecule has 1 rings (SSSR count). The molecule has 1 heterocycles. The third kappa shape index (κ3) is 19.6. The molecular formula is C44H86SSn. The molecule has 0 saturated carbocycles. The zero-order valence-electron chi connectivity index (χ0n) is 33.1. The first-order valence-corrected chi connectivity index (χ1v) is 30.0. The maximum absolute atomic E-state index is 2.94. The van der Waals surface area contributed by atoms with Crippen molar-refractivity contribution in [3.8, 4) is 0 Å². The topological polar surface area (TPSA) is 0 Å². The predicted molar refractivity (Wildman–Crippen MR) is 218 cm³/mol. The van der Waals surface area contributed by atoms with Crippen molar-refractivity contribution >= 4 is 32.6 Å². The first-order chi connectivity index (χ1) is 22.5. The van der Waals surface area contributed by atoms with E-state index in [4.69, 9.17) is 0 Å². The molecule has 272 valence electrons. The molecule has 1 aromatic rings.